The van der Waals surface area contributed by atoms with Crippen LogP contribution in [0.15, 0.2) is 58.9 Å². The van der Waals surface area contributed by atoms with Crippen LogP contribution in [0.25, 0.3) is 0 Å². The summed E-state index contributed by atoms with van der Waals surface area (Å²) in [5, 5.41) is 6.23. The molecule has 166 valence electrons. The smallest absolute Gasteiger partial charge is 0.255 e. The van der Waals surface area contributed by atoms with E-state index in [0.29, 0.717) is 40.6 Å². The molecule has 7 heteroatoms. The Bertz CT molecular complexity index is 1150. The first kappa shape index (κ1) is 21.6. The van der Waals surface area contributed by atoms with Gasteiger partial charge in [-0.2, -0.15) is 0 Å². The highest BCUT2D eigenvalue weighted by Gasteiger charge is 2.40. The van der Waals surface area contributed by atoms with Crippen molar-refractivity contribution in [2.24, 2.45) is 0 Å². The molecule has 0 saturated carbocycles. The maximum absolute atomic E-state index is 13.6. The van der Waals surface area contributed by atoms with Crippen LogP contribution in [0.5, 0.6) is 11.5 Å². The number of benzene rings is 1. The van der Waals surface area contributed by atoms with Gasteiger partial charge in [-0.05, 0) is 44.9 Å². The molecule has 7 nitrogen and oxygen atoms in total. The SMILES string of the molecule is COc1cccc(C2C(C(=O)Nc3cccc(C)n3)=C(C)NC3=C2C(=O)CCC3)c1OC. The average molecular weight is 434 g/mol. The second-order valence-corrected chi connectivity index (χ2v) is 7.97. The molecule has 2 aromatic rings. The topological polar surface area (TPSA) is 89.5 Å². The van der Waals surface area contributed by atoms with Gasteiger partial charge < -0.3 is 20.1 Å². The number of aryl methyl sites for hydroxylation is 1. The molecule has 2 aliphatic rings. The largest absolute Gasteiger partial charge is 0.493 e. The summed E-state index contributed by atoms with van der Waals surface area (Å²) in [7, 11) is 3.13. The van der Waals surface area contributed by atoms with E-state index in [9.17, 15) is 9.59 Å². The molecule has 1 atom stereocenters. The van der Waals surface area contributed by atoms with Gasteiger partial charge in [-0.1, -0.05) is 18.2 Å². The van der Waals surface area contributed by atoms with E-state index < -0.39 is 5.92 Å². The molecule has 1 amide bonds. The first-order valence-electron chi connectivity index (χ1n) is 10.6. The lowest BCUT2D eigenvalue weighted by Gasteiger charge is -2.35. The van der Waals surface area contributed by atoms with Gasteiger partial charge in [0.25, 0.3) is 5.91 Å². The normalized spacial score (nSPS) is 18.1. The van der Waals surface area contributed by atoms with Gasteiger partial charge in [-0.15, -0.1) is 0 Å². The van der Waals surface area contributed by atoms with Crippen molar-refractivity contribution in [2.45, 2.75) is 39.0 Å². The summed E-state index contributed by atoms with van der Waals surface area (Å²) in [5.41, 5.74) is 4.19. The van der Waals surface area contributed by atoms with E-state index in [4.69, 9.17) is 9.47 Å². The lowest BCUT2D eigenvalue weighted by molar-refractivity contribution is -0.116. The maximum Gasteiger partial charge on any atom is 0.255 e. The number of para-hydroxylation sites is 1. The first-order valence-corrected chi connectivity index (χ1v) is 10.6. The van der Waals surface area contributed by atoms with Gasteiger partial charge in [-0.25, -0.2) is 4.98 Å². The number of amides is 1. The van der Waals surface area contributed by atoms with E-state index in [1.54, 1.807) is 26.4 Å². The van der Waals surface area contributed by atoms with Crippen LogP contribution < -0.4 is 20.1 Å². The Balaban J connectivity index is 1.86. The van der Waals surface area contributed by atoms with Gasteiger partial charge in [0.15, 0.2) is 17.3 Å². The number of nitrogens with one attached hydrogen (secondary N) is 2. The van der Waals surface area contributed by atoms with Gasteiger partial charge in [0.05, 0.1) is 20.1 Å². The standard InChI is InChI=1S/C25H27N3O4/c1-14-8-5-13-20(26-14)28-25(30)21-15(2)27-17-10-7-11-18(29)23(17)22(21)16-9-6-12-19(31-3)24(16)32-4/h5-6,8-9,12-13,22,27H,7,10-11H2,1-4H3,(H,26,28,30). The van der Waals surface area contributed by atoms with Crippen LogP contribution in [-0.2, 0) is 9.59 Å². The molecule has 2 heterocycles. The number of ether oxygens (including phenoxy) is 2. The van der Waals surface area contributed by atoms with Crippen molar-refractivity contribution < 1.29 is 19.1 Å². The number of allylic oxidation sites excluding steroid dienone is 3. The third-order valence-electron chi connectivity index (χ3n) is 5.89. The zero-order valence-electron chi connectivity index (χ0n) is 18.7. The Morgan fingerprint density at radius 1 is 1.09 bits per heavy atom. The molecule has 4 rings (SSSR count). The maximum atomic E-state index is 13.6. The van der Waals surface area contributed by atoms with Crippen molar-refractivity contribution in [3.8, 4) is 11.5 Å². The number of carbonyl (C=O) groups excluding carboxylic acids is 2. The molecular formula is C25H27N3O4. The van der Waals surface area contributed by atoms with E-state index in [1.165, 1.54) is 0 Å². The lowest BCUT2D eigenvalue weighted by atomic mass is 9.74. The van der Waals surface area contributed by atoms with Gasteiger partial charge in [-0.3, -0.25) is 9.59 Å². The van der Waals surface area contributed by atoms with Crippen LogP contribution in [0.4, 0.5) is 5.82 Å². The van der Waals surface area contributed by atoms with Crippen molar-refractivity contribution in [3.63, 3.8) is 0 Å². The minimum Gasteiger partial charge on any atom is -0.493 e. The predicted molar refractivity (Wildman–Crippen MR) is 122 cm³/mol. The number of aromatic nitrogens is 1. The van der Waals surface area contributed by atoms with E-state index in [1.807, 2.05) is 38.1 Å². The molecule has 1 aliphatic carbocycles. The zero-order valence-corrected chi connectivity index (χ0v) is 18.7. The van der Waals surface area contributed by atoms with Gasteiger partial charge >= 0.3 is 0 Å². The predicted octanol–water partition coefficient (Wildman–Crippen LogP) is 4.01. The highest BCUT2D eigenvalue weighted by Crippen LogP contribution is 2.47. The number of carbonyl (C=O) groups is 2. The molecule has 0 radical (unpaired) electrons. The van der Waals surface area contributed by atoms with Crippen molar-refractivity contribution in [3.05, 3.63) is 70.2 Å². The number of methoxy groups -OCH3 is 2. The quantitative estimate of drug-likeness (QED) is 0.741. The highest BCUT2D eigenvalue weighted by atomic mass is 16.5. The Hall–Kier alpha value is -3.61. The van der Waals surface area contributed by atoms with Crippen LogP contribution >= 0.6 is 0 Å². The molecule has 0 fully saturated rings. The number of dihydropyridines is 1. The molecule has 1 aliphatic heterocycles. The number of pyridine rings is 1. The lowest BCUT2D eigenvalue weighted by Crippen LogP contribution is -2.35. The Morgan fingerprint density at radius 2 is 1.88 bits per heavy atom. The van der Waals surface area contributed by atoms with E-state index in [0.717, 1.165) is 29.8 Å². The minimum atomic E-state index is -0.575. The second kappa shape index (κ2) is 8.86. The van der Waals surface area contributed by atoms with Crippen LogP contribution in [-0.4, -0.2) is 30.9 Å². The molecule has 1 aromatic heterocycles. The van der Waals surface area contributed by atoms with Gasteiger partial charge in [0.1, 0.15) is 5.82 Å². The molecule has 0 spiro atoms. The molecule has 2 N–H and O–H groups in total. The summed E-state index contributed by atoms with van der Waals surface area (Å²) in [5.74, 6) is 0.675. The number of rotatable bonds is 5. The highest BCUT2D eigenvalue weighted by molar-refractivity contribution is 6.09. The number of Topliss-reactive ketones (excluding diaryl/α,β-unsaturated/α-hetero) is 1. The number of hydrogen-bond acceptors (Lipinski definition) is 6. The van der Waals surface area contributed by atoms with Crippen molar-refractivity contribution in [1.82, 2.24) is 10.3 Å². The van der Waals surface area contributed by atoms with E-state index >= 15 is 0 Å². The summed E-state index contributed by atoms with van der Waals surface area (Å²) >= 11 is 0. The molecular weight excluding hydrogens is 406 g/mol. The molecule has 1 unspecified atom stereocenters. The number of anilines is 1. The fourth-order valence-electron chi connectivity index (χ4n) is 4.53. The monoisotopic (exact) mass is 433 g/mol. The Morgan fingerprint density at radius 3 is 2.59 bits per heavy atom. The van der Waals surface area contributed by atoms with Crippen molar-refractivity contribution in [2.75, 3.05) is 19.5 Å². The summed E-state index contributed by atoms with van der Waals surface area (Å²) < 4.78 is 11.2. The number of nitrogens with zero attached hydrogens (tertiary/aromatic N) is 1. The van der Waals surface area contributed by atoms with Crippen LogP contribution in [0.2, 0.25) is 0 Å². The minimum absolute atomic E-state index is 0.0418. The Labute approximate surface area is 187 Å². The molecule has 32 heavy (non-hydrogen) atoms. The summed E-state index contributed by atoms with van der Waals surface area (Å²) in [6.07, 6.45) is 2.00. The molecule has 0 saturated heterocycles. The van der Waals surface area contributed by atoms with Gasteiger partial charge in [0.2, 0.25) is 0 Å². The fraction of sp³-hybridized carbons (Fsp3) is 0.320. The number of hydrogen-bond donors (Lipinski definition) is 2. The third-order valence-corrected chi connectivity index (χ3v) is 5.89. The van der Waals surface area contributed by atoms with Crippen molar-refractivity contribution in [1.29, 1.82) is 0 Å². The van der Waals surface area contributed by atoms with Crippen molar-refractivity contribution >= 4 is 17.5 Å². The van der Waals surface area contributed by atoms with Crippen LogP contribution in [0.3, 0.4) is 0 Å². The summed E-state index contributed by atoms with van der Waals surface area (Å²) in [6.45, 7) is 3.73. The first-order chi connectivity index (χ1) is 15.4. The second-order valence-electron chi connectivity index (χ2n) is 7.97. The zero-order chi connectivity index (χ0) is 22.8. The van der Waals surface area contributed by atoms with Crippen LogP contribution in [0, 0.1) is 6.92 Å². The summed E-state index contributed by atoms with van der Waals surface area (Å²) in [4.78, 5) is 31.1. The van der Waals surface area contributed by atoms with Crippen LogP contribution in [0.1, 0.15) is 43.4 Å². The third kappa shape index (κ3) is 3.86. The molecule has 1 aromatic carbocycles. The number of ketones is 1. The summed E-state index contributed by atoms with van der Waals surface area (Å²) in [6, 6.07) is 11.0. The van der Waals surface area contributed by atoms with E-state index in [2.05, 4.69) is 15.6 Å². The average Bonchev–Trinajstić information content (AvgIpc) is 2.77. The Kier molecular flexibility index (Phi) is 5.99. The van der Waals surface area contributed by atoms with Gasteiger partial charge in [0, 0.05) is 40.2 Å². The van der Waals surface area contributed by atoms with E-state index in [-0.39, 0.29) is 11.7 Å². The fourth-order valence-corrected chi connectivity index (χ4v) is 4.53. The molecule has 0 bridgehead atoms.